The van der Waals surface area contributed by atoms with Gasteiger partial charge in [0.25, 0.3) is 0 Å². The number of rotatable bonds is 2. The van der Waals surface area contributed by atoms with Crippen LogP contribution < -0.4 is 11.1 Å². The highest BCUT2D eigenvalue weighted by Crippen LogP contribution is 2.19. The number of alkyl carbamates (subject to hydrolysis) is 1. The Kier molecular flexibility index (Phi) is 3.84. The number of hydrogen-bond donors (Lipinski definition) is 2. The van der Waals surface area contributed by atoms with E-state index in [1.807, 2.05) is 34.6 Å². The highest BCUT2D eigenvalue weighted by molar-refractivity contribution is 5.69. The minimum absolute atomic E-state index is 0.467. The van der Waals surface area contributed by atoms with Gasteiger partial charge in [0, 0.05) is 0 Å². The van der Waals surface area contributed by atoms with Crippen LogP contribution in [0.2, 0.25) is 0 Å². The first kappa shape index (κ1) is 14.3. The molecule has 3 N–H and O–H groups in total. The fourth-order valence-corrected chi connectivity index (χ4v) is 1.40. The third-order valence-electron chi connectivity index (χ3n) is 2.24. The van der Waals surface area contributed by atoms with Crippen LogP contribution in [0, 0.1) is 0 Å². The van der Waals surface area contributed by atoms with E-state index in [4.69, 9.17) is 10.5 Å². The lowest BCUT2D eigenvalue weighted by atomic mass is 10.0. The summed E-state index contributed by atoms with van der Waals surface area (Å²) in [5.41, 5.74) is 5.76. The number of pyridine rings is 1. The molecule has 1 amide bonds. The SMILES string of the molecule is CC(C)(C)OC(=O)NC(C)(C)c1ccc(N)cn1. The van der Waals surface area contributed by atoms with Gasteiger partial charge in [-0.2, -0.15) is 0 Å². The van der Waals surface area contributed by atoms with Crippen LogP contribution in [-0.2, 0) is 10.3 Å². The zero-order valence-electron chi connectivity index (χ0n) is 11.6. The molecule has 1 heterocycles. The summed E-state index contributed by atoms with van der Waals surface area (Å²) in [6.45, 7) is 9.17. The Morgan fingerprint density at radius 2 is 1.89 bits per heavy atom. The minimum Gasteiger partial charge on any atom is -0.444 e. The van der Waals surface area contributed by atoms with Crippen LogP contribution in [0.15, 0.2) is 18.3 Å². The van der Waals surface area contributed by atoms with Crippen molar-refractivity contribution in [2.24, 2.45) is 0 Å². The summed E-state index contributed by atoms with van der Waals surface area (Å²) in [6, 6.07) is 3.54. The molecular weight excluding hydrogens is 230 g/mol. The van der Waals surface area contributed by atoms with Crippen molar-refractivity contribution >= 4 is 11.8 Å². The molecule has 0 spiro atoms. The molecule has 100 valence electrons. The van der Waals surface area contributed by atoms with Crippen molar-refractivity contribution in [1.82, 2.24) is 10.3 Å². The number of aromatic nitrogens is 1. The molecule has 18 heavy (non-hydrogen) atoms. The molecule has 0 saturated heterocycles. The van der Waals surface area contributed by atoms with E-state index in [1.165, 1.54) is 0 Å². The molecule has 0 bridgehead atoms. The average molecular weight is 251 g/mol. The van der Waals surface area contributed by atoms with E-state index in [2.05, 4.69) is 10.3 Å². The highest BCUT2D eigenvalue weighted by Gasteiger charge is 2.27. The molecule has 0 aromatic carbocycles. The Labute approximate surface area is 108 Å². The summed E-state index contributed by atoms with van der Waals surface area (Å²) >= 11 is 0. The summed E-state index contributed by atoms with van der Waals surface area (Å²) < 4.78 is 5.22. The number of amides is 1. The smallest absolute Gasteiger partial charge is 0.408 e. The van der Waals surface area contributed by atoms with Crippen LogP contribution in [0.3, 0.4) is 0 Å². The van der Waals surface area contributed by atoms with Crippen LogP contribution in [0.25, 0.3) is 0 Å². The van der Waals surface area contributed by atoms with Crippen molar-refractivity contribution in [2.45, 2.75) is 45.8 Å². The standard InChI is InChI=1S/C13H21N3O2/c1-12(2,3)18-11(17)16-13(4,5)10-7-6-9(14)8-15-10/h6-8H,14H2,1-5H3,(H,16,17). The molecule has 5 nitrogen and oxygen atoms in total. The van der Waals surface area contributed by atoms with Crippen molar-refractivity contribution in [2.75, 3.05) is 5.73 Å². The number of carbonyl (C=O) groups excluding carboxylic acids is 1. The minimum atomic E-state index is -0.615. The first-order chi connectivity index (χ1) is 8.10. The van der Waals surface area contributed by atoms with Crippen molar-refractivity contribution < 1.29 is 9.53 Å². The molecule has 1 aromatic rings. The highest BCUT2D eigenvalue weighted by atomic mass is 16.6. The molecule has 0 aliphatic rings. The van der Waals surface area contributed by atoms with E-state index < -0.39 is 17.2 Å². The molecular formula is C13H21N3O2. The van der Waals surface area contributed by atoms with E-state index >= 15 is 0 Å². The van der Waals surface area contributed by atoms with E-state index in [1.54, 1.807) is 18.3 Å². The average Bonchev–Trinajstić information content (AvgIpc) is 2.13. The fourth-order valence-electron chi connectivity index (χ4n) is 1.40. The normalized spacial score (nSPS) is 12.1. The van der Waals surface area contributed by atoms with Gasteiger partial charge in [-0.3, -0.25) is 4.98 Å². The predicted molar refractivity (Wildman–Crippen MR) is 71.0 cm³/mol. The Bertz CT molecular complexity index is 419. The maximum atomic E-state index is 11.7. The topological polar surface area (TPSA) is 77.2 Å². The number of anilines is 1. The lowest BCUT2D eigenvalue weighted by molar-refractivity contribution is 0.0468. The summed E-state index contributed by atoms with van der Waals surface area (Å²) in [4.78, 5) is 15.9. The summed E-state index contributed by atoms with van der Waals surface area (Å²) in [7, 11) is 0. The molecule has 1 aromatic heterocycles. The molecule has 0 unspecified atom stereocenters. The maximum absolute atomic E-state index is 11.7. The number of nitrogen functional groups attached to an aromatic ring is 1. The Hall–Kier alpha value is -1.78. The second-order valence-corrected chi connectivity index (χ2v) is 5.73. The molecule has 0 aliphatic heterocycles. The van der Waals surface area contributed by atoms with Crippen molar-refractivity contribution in [3.05, 3.63) is 24.0 Å². The predicted octanol–water partition coefficient (Wildman–Crippen LogP) is 2.42. The van der Waals surface area contributed by atoms with Crippen molar-refractivity contribution in [3.63, 3.8) is 0 Å². The first-order valence-electron chi connectivity index (χ1n) is 5.83. The van der Waals surface area contributed by atoms with E-state index in [0.29, 0.717) is 5.69 Å². The number of nitrogens with zero attached hydrogens (tertiary/aromatic N) is 1. The number of nitrogens with two attached hydrogens (primary N) is 1. The number of ether oxygens (including phenoxy) is 1. The van der Waals surface area contributed by atoms with Gasteiger partial charge in [-0.15, -0.1) is 0 Å². The Morgan fingerprint density at radius 1 is 1.28 bits per heavy atom. The zero-order chi connectivity index (χ0) is 14.0. The molecule has 0 aliphatic carbocycles. The molecule has 0 fully saturated rings. The van der Waals surface area contributed by atoms with Crippen LogP contribution in [0.5, 0.6) is 0 Å². The molecule has 0 atom stereocenters. The quantitative estimate of drug-likeness (QED) is 0.846. The van der Waals surface area contributed by atoms with Crippen molar-refractivity contribution in [3.8, 4) is 0 Å². The lowest BCUT2D eigenvalue weighted by Gasteiger charge is -2.28. The molecule has 1 rings (SSSR count). The van der Waals surface area contributed by atoms with Gasteiger partial charge in [-0.25, -0.2) is 4.79 Å². The Morgan fingerprint density at radius 3 is 2.33 bits per heavy atom. The van der Waals surface area contributed by atoms with Gasteiger partial charge in [0.1, 0.15) is 5.60 Å². The maximum Gasteiger partial charge on any atom is 0.408 e. The largest absolute Gasteiger partial charge is 0.444 e. The summed E-state index contributed by atoms with van der Waals surface area (Å²) in [6.07, 6.45) is 1.10. The van der Waals surface area contributed by atoms with Crippen LogP contribution in [0.4, 0.5) is 10.5 Å². The van der Waals surface area contributed by atoms with Crippen LogP contribution in [0.1, 0.15) is 40.3 Å². The summed E-state index contributed by atoms with van der Waals surface area (Å²) in [5, 5.41) is 2.78. The fraction of sp³-hybridized carbons (Fsp3) is 0.538. The van der Waals surface area contributed by atoms with Gasteiger partial charge in [0.2, 0.25) is 0 Å². The van der Waals surface area contributed by atoms with Gasteiger partial charge in [0.05, 0.1) is 23.1 Å². The van der Waals surface area contributed by atoms with E-state index in [9.17, 15) is 4.79 Å². The van der Waals surface area contributed by atoms with Gasteiger partial charge < -0.3 is 15.8 Å². The number of hydrogen-bond acceptors (Lipinski definition) is 4. The van der Waals surface area contributed by atoms with Gasteiger partial charge in [0.15, 0.2) is 0 Å². The van der Waals surface area contributed by atoms with Crippen LogP contribution >= 0.6 is 0 Å². The molecule has 0 saturated carbocycles. The zero-order valence-corrected chi connectivity index (χ0v) is 11.6. The third-order valence-corrected chi connectivity index (χ3v) is 2.24. The number of nitrogens with one attached hydrogen (secondary N) is 1. The van der Waals surface area contributed by atoms with Gasteiger partial charge >= 0.3 is 6.09 Å². The second-order valence-electron chi connectivity index (χ2n) is 5.73. The molecule has 0 radical (unpaired) electrons. The number of carbonyl (C=O) groups is 1. The summed E-state index contributed by atoms with van der Waals surface area (Å²) in [5.74, 6) is 0. The third kappa shape index (κ3) is 4.24. The lowest BCUT2D eigenvalue weighted by Crippen LogP contribution is -2.44. The van der Waals surface area contributed by atoms with Crippen molar-refractivity contribution in [1.29, 1.82) is 0 Å². The van der Waals surface area contributed by atoms with E-state index in [-0.39, 0.29) is 0 Å². The monoisotopic (exact) mass is 251 g/mol. The molecule has 5 heteroatoms. The van der Waals surface area contributed by atoms with Gasteiger partial charge in [-0.05, 0) is 46.8 Å². The van der Waals surface area contributed by atoms with E-state index in [0.717, 1.165) is 5.69 Å². The van der Waals surface area contributed by atoms with Crippen LogP contribution in [-0.4, -0.2) is 16.7 Å². The van der Waals surface area contributed by atoms with Gasteiger partial charge in [-0.1, -0.05) is 0 Å². The second kappa shape index (κ2) is 4.84. The Balaban J connectivity index is 2.75. The first-order valence-corrected chi connectivity index (χ1v) is 5.83.